The molecule has 0 saturated carbocycles. The monoisotopic (exact) mass is 389 g/mol. The van der Waals surface area contributed by atoms with Gasteiger partial charge in [0, 0.05) is 12.0 Å². The molecular formula is C24H27N3O2. The van der Waals surface area contributed by atoms with Gasteiger partial charge in [-0.2, -0.15) is 5.26 Å². The van der Waals surface area contributed by atoms with Crippen LogP contribution in [-0.4, -0.2) is 13.1 Å². The fraction of sp³-hybridized carbons (Fsp3) is 0.333. The van der Waals surface area contributed by atoms with E-state index < -0.39 is 0 Å². The van der Waals surface area contributed by atoms with Crippen molar-refractivity contribution < 1.29 is 4.42 Å². The van der Waals surface area contributed by atoms with Gasteiger partial charge in [-0.25, -0.2) is 0 Å². The van der Waals surface area contributed by atoms with E-state index in [0.717, 1.165) is 18.5 Å². The second-order valence-corrected chi connectivity index (χ2v) is 7.54. The molecule has 3 N–H and O–H groups in total. The van der Waals surface area contributed by atoms with Crippen LogP contribution in [-0.2, 0) is 6.42 Å². The molecule has 150 valence electrons. The van der Waals surface area contributed by atoms with Gasteiger partial charge < -0.3 is 15.5 Å². The highest BCUT2D eigenvalue weighted by Gasteiger charge is 2.25. The van der Waals surface area contributed by atoms with Crippen LogP contribution in [0.15, 0.2) is 57.7 Å². The van der Waals surface area contributed by atoms with E-state index in [2.05, 4.69) is 25.2 Å². The standard InChI is InChI=1S/C24H27N3O2/c1-16(2)22(27-13-7-12-25)24-19(14-17-8-4-3-5-9-17)23(28)21-18(15-26)10-6-11-20(21)29-24/h3-6,8-11,16,22,27H,7,12-14,25H2,1-2H3. The molecule has 1 aromatic heterocycles. The predicted octanol–water partition coefficient (Wildman–Crippen LogP) is 3.89. The zero-order valence-electron chi connectivity index (χ0n) is 16.9. The average Bonchev–Trinajstić information content (AvgIpc) is 2.73. The van der Waals surface area contributed by atoms with Crippen molar-refractivity contribution >= 4 is 11.0 Å². The van der Waals surface area contributed by atoms with E-state index in [9.17, 15) is 10.1 Å². The number of rotatable bonds is 8. The number of hydrogen-bond donors (Lipinski definition) is 2. The van der Waals surface area contributed by atoms with Crippen molar-refractivity contribution in [2.24, 2.45) is 11.7 Å². The van der Waals surface area contributed by atoms with Crippen LogP contribution in [0, 0.1) is 17.2 Å². The Morgan fingerprint density at radius 1 is 1.14 bits per heavy atom. The lowest BCUT2D eigenvalue weighted by atomic mass is 9.93. The van der Waals surface area contributed by atoms with Crippen LogP contribution in [0.25, 0.3) is 11.0 Å². The Morgan fingerprint density at radius 3 is 2.55 bits per heavy atom. The summed E-state index contributed by atoms with van der Waals surface area (Å²) in [5.74, 6) is 0.857. The molecule has 0 amide bonds. The molecule has 0 aliphatic rings. The first-order valence-corrected chi connectivity index (χ1v) is 10.0. The van der Waals surface area contributed by atoms with Crippen molar-refractivity contribution in [2.75, 3.05) is 13.1 Å². The van der Waals surface area contributed by atoms with Gasteiger partial charge in [-0.15, -0.1) is 0 Å². The fourth-order valence-corrected chi connectivity index (χ4v) is 3.60. The second-order valence-electron chi connectivity index (χ2n) is 7.54. The molecule has 5 nitrogen and oxygen atoms in total. The molecule has 0 aliphatic heterocycles. The van der Waals surface area contributed by atoms with Crippen LogP contribution in [0.4, 0.5) is 0 Å². The summed E-state index contributed by atoms with van der Waals surface area (Å²) in [4.78, 5) is 13.5. The van der Waals surface area contributed by atoms with Crippen LogP contribution in [0.5, 0.6) is 0 Å². The molecule has 3 aromatic rings. The van der Waals surface area contributed by atoms with Gasteiger partial charge in [0.05, 0.1) is 17.0 Å². The van der Waals surface area contributed by atoms with E-state index in [4.69, 9.17) is 10.2 Å². The van der Waals surface area contributed by atoms with Crippen LogP contribution in [0.2, 0.25) is 0 Å². The maximum atomic E-state index is 13.5. The third-order valence-corrected chi connectivity index (χ3v) is 5.08. The molecule has 1 atom stereocenters. The fourth-order valence-electron chi connectivity index (χ4n) is 3.60. The molecule has 0 bridgehead atoms. The molecule has 0 saturated heterocycles. The SMILES string of the molecule is CC(C)C(NCCCN)c1oc2cccc(C#N)c2c(=O)c1Cc1ccccc1. The molecule has 3 rings (SSSR count). The van der Waals surface area contributed by atoms with Gasteiger partial charge in [0.25, 0.3) is 0 Å². The van der Waals surface area contributed by atoms with Gasteiger partial charge in [-0.1, -0.05) is 50.2 Å². The minimum atomic E-state index is -0.131. The van der Waals surface area contributed by atoms with E-state index in [0.29, 0.717) is 40.8 Å². The van der Waals surface area contributed by atoms with Gasteiger partial charge in [0.1, 0.15) is 17.4 Å². The van der Waals surface area contributed by atoms with E-state index >= 15 is 0 Å². The summed E-state index contributed by atoms with van der Waals surface area (Å²) in [5, 5.41) is 13.4. The highest BCUT2D eigenvalue weighted by molar-refractivity contribution is 5.83. The Morgan fingerprint density at radius 2 is 1.90 bits per heavy atom. The molecule has 1 unspecified atom stereocenters. The van der Waals surface area contributed by atoms with E-state index in [-0.39, 0.29) is 17.4 Å². The van der Waals surface area contributed by atoms with E-state index in [1.54, 1.807) is 18.2 Å². The lowest BCUT2D eigenvalue weighted by Gasteiger charge is -2.24. The van der Waals surface area contributed by atoms with Crippen molar-refractivity contribution in [3.63, 3.8) is 0 Å². The smallest absolute Gasteiger partial charge is 0.197 e. The average molecular weight is 389 g/mol. The summed E-state index contributed by atoms with van der Waals surface area (Å²) in [5.41, 5.74) is 7.94. The van der Waals surface area contributed by atoms with E-state index in [1.165, 1.54) is 0 Å². The minimum Gasteiger partial charge on any atom is -0.459 e. The van der Waals surface area contributed by atoms with Gasteiger partial charge in [0.15, 0.2) is 5.43 Å². The first kappa shape index (κ1) is 20.8. The maximum Gasteiger partial charge on any atom is 0.197 e. The Labute approximate surface area is 171 Å². The van der Waals surface area contributed by atoms with Gasteiger partial charge in [-0.3, -0.25) is 4.79 Å². The molecule has 0 fully saturated rings. The third-order valence-electron chi connectivity index (χ3n) is 5.08. The van der Waals surface area contributed by atoms with Gasteiger partial charge in [-0.05, 0) is 43.1 Å². The first-order valence-electron chi connectivity index (χ1n) is 10.0. The number of nitrogens with one attached hydrogen (secondary N) is 1. The molecule has 29 heavy (non-hydrogen) atoms. The summed E-state index contributed by atoms with van der Waals surface area (Å²) in [6.45, 7) is 5.54. The number of benzene rings is 2. The normalized spacial score (nSPS) is 12.2. The van der Waals surface area contributed by atoms with Crippen LogP contribution < -0.4 is 16.5 Å². The summed E-state index contributed by atoms with van der Waals surface area (Å²) < 4.78 is 6.30. The zero-order chi connectivity index (χ0) is 20.8. The largest absolute Gasteiger partial charge is 0.459 e. The first-order chi connectivity index (χ1) is 14.1. The Kier molecular flexibility index (Phi) is 6.82. The molecule has 0 radical (unpaired) electrons. The summed E-state index contributed by atoms with van der Waals surface area (Å²) in [7, 11) is 0. The molecule has 0 spiro atoms. The number of hydrogen-bond acceptors (Lipinski definition) is 5. The number of fused-ring (bicyclic) bond motifs is 1. The maximum absolute atomic E-state index is 13.5. The lowest BCUT2D eigenvalue weighted by molar-refractivity contribution is 0.342. The van der Waals surface area contributed by atoms with Crippen molar-refractivity contribution in [3.05, 3.63) is 81.2 Å². The number of nitriles is 1. The van der Waals surface area contributed by atoms with Crippen molar-refractivity contribution in [1.29, 1.82) is 5.26 Å². The van der Waals surface area contributed by atoms with Crippen LogP contribution in [0.3, 0.4) is 0 Å². The quantitative estimate of drug-likeness (QED) is 0.570. The van der Waals surface area contributed by atoms with Crippen molar-refractivity contribution in [2.45, 2.75) is 32.7 Å². The van der Waals surface area contributed by atoms with Crippen LogP contribution >= 0.6 is 0 Å². The predicted molar refractivity (Wildman–Crippen MR) is 116 cm³/mol. The Hall–Kier alpha value is -2.94. The highest BCUT2D eigenvalue weighted by atomic mass is 16.3. The minimum absolute atomic E-state index is 0.122. The number of nitrogens with two attached hydrogens (primary N) is 1. The lowest BCUT2D eigenvalue weighted by Crippen LogP contribution is -2.30. The molecule has 2 aromatic carbocycles. The summed E-state index contributed by atoms with van der Waals surface area (Å²) in [6, 6.07) is 17.0. The van der Waals surface area contributed by atoms with Crippen LogP contribution in [0.1, 0.15) is 48.8 Å². The molecule has 1 heterocycles. The number of nitrogens with zero attached hydrogens (tertiary/aromatic N) is 1. The van der Waals surface area contributed by atoms with Crippen molar-refractivity contribution in [1.82, 2.24) is 5.32 Å². The van der Waals surface area contributed by atoms with E-state index in [1.807, 2.05) is 30.3 Å². The van der Waals surface area contributed by atoms with Gasteiger partial charge in [0.2, 0.25) is 0 Å². The zero-order valence-corrected chi connectivity index (χ0v) is 16.9. The molecular weight excluding hydrogens is 362 g/mol. The molecule has 5 heteroatoms. The summed E-state index contributed by atoms with van der Waals surface area (Å²) >= 11 is 0. The second kappa shape index (κ2) is 9.51. The third kappa shape index (κ3) is 4.56. The highest BCUT2D eigenvalue weighted by Crippen LogP contribution is 2.29. The summed E-state index contributed by atoms with van der Waals surface area (Å²) in [6.07, 6.45) is 1.30. The molecule has 0 aliphatic carbocycles. The Balaban J connectivity index is 2.22. The van der Waals surface area contributed by atoms with Crippen molar-refractivity contribution in [3.8, 4) is 6.07 Å². The topological polar surface area (TPSA) is 92.0 Å². The van der Waals surface area contributed by atoms with Gasteiger partial charge >= 0.3 is 0 Å². The Bertz CT molecular complexity index is 1070.